The summed E-state index contributed by atoms with van der Waals surface area (Å²) < 4.78 is 5.76. The fraction of sp³-hybridized carbons (Fsp3) is 0.409. The van der Waals surface area contributed by atoms with Crippen molar-refractivity contribution in [2.45, 2.75) is 18.9 Å². The second kappa shape index (κ2) is 7.34. The largest absolute Gasteiger partial charge is 0.491 e. The minimum absolute atomic E-state index is 0.00387. The number of para-hydroxylation sites is 1. The molecule has 0 radical (unpaired) electrons. The Hall–Kier alpha value is -2.60. The number of benzene rings is 1. The number of halogens is 1. The summed E-state index contributed by atoms with van der Waals surface area (Å²) in [5, 5.41) is 3.52. The van der Waals surface area contributed by atoms with Gasteiger partial charge in [-0.1, -0.05) is 35.9 Å². The number of carbonyl (C=O) groups is 2. The average molecular weight is 412 g/mol. The van der Waals surface area contributed by atoms with Crippen LogP contribution in [0.5, 0.6) is 5.75 Å². The first-order chi connectivity index (χ1) is 14.1. The van der Waals surface area contributed by atoms with Crippen molar-refractivity contribution in [1.82, 2.24) is 15.2 Å². The van der Waals surface area contributed by atoms with E-state index in [1.165, 1.54) is 0 Å². The monoisotopic (exact) mass is 411 g/mol. The van der Waals surface area contributed by atoms with Crippen LogP contribution in [0, 0.1) is 17.8 Å². The maximum Gasteiger partial charge on any atom is 0.227 e. The summed E-state index contributed by atoms with van der Waals surface area (Å²) in [6, 6.07) is 11.6. The van der Waals surface area contributed by atoms with Gasteiger partial charge in [-0.25, -0.2) is 4.98 Å². The number of piperidine rings is 1. The lowest BCUT2D eigenvalue weighted by Gasteiger charge is -2.26. The second-order valence-corrected chi connectivity index (χ2v) is 8.47. The lowest BCUT2D eigenvalue weighted by Crippen LogP contribution is -2.44. The molecule has 6 nitrogen and oxygen atoms in total. The Balaban J connectivity index is 1.12. The number of hydrogen-bond donors (Lipinski definition) is 1. The van der Waals surface area contributed by atoms with E-state index >= 15 is 0 Å². The van der Waals surface area contributed by atoms with E-state index in [0.29, 0.717) is 24.8 Å². The number of ether oxygens (including phenoxy) is 1. The van der Waals surface area contributed by atoms with Gasteiger partial charge in [0.1, 0.15) is 17.5 Å². The predicted molar refractivity (Wildman–Crippen MR) is 108 cm³/mol. The van der Waals surface area contributed by atoms with Gasteiger partial charge < -0.3 is 15.0 Å². The van der Waals surface area contributed by atoms with E-state index < -0.39 is 0 Å². The number of carbonyl (C=O) groups excluding carboxylic acids is 2. The molecule has 5 rings (SSSR count). The van der Waals surface area contributed by atoms with Gasteiger partial charge in [-0.15, -0.1) is 0 Å². The van der Waals surface area contributed by atoms with E-state index in [4.69, 9.17) is 16.3 Å². The summed E-state index contributed by atoms with van der Waals surface area (Å²) in [4.78, 5) is 31.1. The lowest BCUT2D eigenvalue weighted by molar-refractivity contribution is -0.131. The van der Waals surface area contributed by atoms with Crippen molar-refractivity contribution >= 4 is 23.4 Å². The topological polar surface area (TPSA) is 71.5 Å². The van der Waals surface area contributed by atoms with Crippen LogP contribution >= 0.6 is 11.6 Å². The Morgan fingerprint density at radius 3 is 2.76 bits per heavy atom. The molecule has 1 aromatic carbocycles. The van der Waals surface area contributed by atoms with Crippen LogP contribution in [0.2, 0.25) is 5.15 Å². The van der Waals surface area contributed by atoms with Gasteiger partial charge in [0, 0.05) is 25.2 Å². The fourth-order valence-electron chi connectivity index (χ4n) is 4.66. The van der Waals surface area contributed by atoms with Crippen molar-refractivity contribution in [3.8, 4) is 5.75 Å². The zero-order valence-corrected chi connectivity index (χ0v) is 16.6. The maximum absolute atomic E-state index is 12.7. The molecule has 1 saturated heterocycles. The van der Waals surface area contributed by atoms with E-state index in [1.54, 1.807) is 12.3 Å². The van der Waals surface area contributed by atoms with Crippen LogP contribution < -0.4 is 10.1 Å². The minimum Gasteiger partial charge on any atom is -0.491 e. The van der Waals surface area contributed by atoms with Gasteiger partial charge in [-0.3, -0.25) is 9.59 Å². The van der Waals surface area contributed by atoms with Crippen molar-refractivity contribution in [3.63, 3.8) is 0 Å². The van der Waals surface area contributed by atoms with Gasteiger partial charge in [0.25, 0.3) is 0 Å². The average Bonchev–Trinajstić information content (AvgIpc) is 3.23. The summed E-state index contributed by atoms with van der Waals surface area (Å²) in [5.74, 6) is 1.58. The fourth-order valence-corrected chi connectivity index (χ4v) is 4.85. The highest BCUT2D eigenvalue weighted by Gasteiger charge is 2.60. The van der Waals surface area contributed by atoms with Crippen molar-refractivity contribution in [2.24, 2.45) is 17.8 Å². The third kappa shape index (κ3) is 3.57. The molecule has 0 bridgehead atoms. The van der Waals surface area contributed by atoms with Crippen LogP contribution in [0.1, 0.15) is 11.1 Å². The second-order valence-electron chi connectivity index (χ2n) is 8.11. The smallest absolute Gasteiger partial charge is 0.227 e. The van der Waals surface area contributed by atoms with Crippen LogP contribution in [0.3, 0.4) is 0 Å². The number of nitrogens with zero attached hydrogens (tertiary/aromatic N) is 2. The molecule has 1 saturated carbocycles. The zero-order chi connectivity index (χ0) is 20.0. The van der Waals surface area contributed by atoms with Gasteiger partial charge >= 0.3 is 0 Å². The van der Waals surface area contributed by atoms with Crippen molar-refractivity contribution in [3.05, 3.63) is 58.9 Å². The van der Waals surface area contributed by atoms with Gasteiger partial charge in [-0.2, -0.15) is 0 Å². The predicted octanol–water partition coefficient (Wildman–Crippen LogP) is 2.10. The lowest BCUT2D eigenvalue weighted by atomic mass is 10.0. The van der Waals surface area contributed by atoms with Crippen molar-refractivity contribution < 1.29 is 14.3 Å². The molecule has 3 atom stereocenters. The molecule has 150 valence electrons. The number of pyridine rings is 1. The van der Waals surface area contributed by atoms with Crippen molar-refractivity contribution in [1.29, 1.82) is 0 Å². The van der Waals surface area contributed by atoms with E-state index in [1.807, 2.05) is 35.2 Å². The molecule has 3 aliphatic rings. The molecule has 29 heavy (non-hydrogen) atoms. The molecule has 2 fully saturated rings. The summed E-state index contributed by atoms with van der Waals surface area (Å²) in [6.45, 7) is 1.79. The minimum atomic E-state index is 0.00387. The third-order valence-electron chi connectivity index (χ3n) is 6.25. The summed E-state index contributed by atoms with van der Waals surface area (Å²) in [7, 11) is 0. The molecule has 2 aromatic rings. The highest BCUT2D eigenvalue weighted by atomic mass is 35.5. The molecule has 0 spiro atoms. The van der Waals surface area contributed by atoms with Gasteiger partial charge in [0.2, 0.25) is 11.8 Å². The highest BCUT2D eigenvalue weighted by molar-refractivity contribution is 6.30. The van der Waals surface area contributed by atoms with E-state index in [9.17, 15) is 9.59 Å². The molecular formula is C22H22ClN3O3. The normalized spacial score (nSPS) is 26.9. The van der Waals surface area contributed by atoms with Gasteiger partial charge in [-0.05, 0) is 41.5 Å². The molecule has 1 aliphatic carbocycles. The Bertz CT molecular complexity index is 954. The van der Waals surface area contributed by atoms with Gasteiger partial charge in [0.15, 0.2) is 0 Å². The number of aromatic nitrogens is 1. The van der Waals surface area contributed by atoms with Crippen molar-refractivity contribution in [2.75, 3.05) is 19.7 Å². The molecule has 1 aromatic heterocycles. The maximum atomic E-state index is 12.7. The Kier molecular flexibility index (Phi) is 4.66. The highest BCUT2D eigenvalue weighted by Crippen LogP contribution is 2.52. The standard InChI is InChI=1S/C22H22ClN3O3/c23-21-14(5-3-7-24-21)9-19(27)26-10-16-17(11-26)20(16)22(28)25-15-8-13-4-1-2-6-18(13)29-12-15/h1-7,15-17,20H,8-12H2,(H,25,28)/t15-,16+,17+/m1/s1. The first-order valence-corrected chi connectivity index (χ1v) is 10.4. The molecule has 2 aliphatic heterocycles. The number of rotatable bonds is 4. The van der Waals surface area contributed by atoms with E-state index in [0.717, 1.165) is 23.3 Å². The summed E-state index contributed by atoms with van der Waals surface area (Å²) in [6.07, 6.45) is 2.66. The van der Waals surface area contributed by atoms with Crippen LogP contribution in [-0.4, -0.2) is 47.4 Å². The number of likely N-dealkylation sites (tertiary alicyclic amines) is 1. The summed E-state index contributed by atoms with van der Waals surface area (Å²) in [5.41, 5.74) is 1.87. The molecule has 2 amide bonds. The third-order valence-corrected chi connectivity index (χ3v) is 6.59. The number of amides is 2. The Morgan fingerprint density at radius 1 is 1.17 bits per heavy atom. The molecule has 7 heteroatoms. The molecule has 1 N–H and O–H groups in total. The van der Waals surface area contributed by atoms with E-state index in [-0.39, 0.29) is 42.0 Å². The number of hydrogen-bond acceptors (Lipinski definition) is 4. The molecular weight excluding hydrogens is 390 g/mol. The van der Waals surface area contributed by atoms with Crippen LogP contribution in [0.15, 0.2) is 42.6 Å². The molecule has 3 heterocycles. The van der Waals surface area contributed by atoms with Crippen LogP contribution in [0.25, 0.3) is 0 Å². The Morgan fingerprint density at radius 2 is 1.97 bits per heavy atom. The number of nitrogens with one attached hydrogen (secondary N) is 1. The van der Waals surface area contributed by atoms with Gasteiger partial charge in [0.05, 0.1) is 12.5 Å². The quantitative estimate of drug-likeness (QED) is 0.782. The van der Waals surface area contributed by atoms with Crippen LogP contribution in [0.4, 0.5) is 0 Å². The first-order valence-electron chi connectivity index (χ1n) is 9.98. The summed E-state index contributed by atoms with van der Waals surface area (Å²) >= 11 is 6.06. The first kappa shape index (κ1) is 18.4. The van der Waals surface area contributed by atoms with E-state index in [2.05, 4.69) is 10.3 Å². The SMILES string of the molecule is O=C(N[C@H]1COc2ccccc2C1)C1[C@H]2CN(C(=O)Cc3cccnc3Cl)C[C@H]12. The Labute approximate surface area is 174 Å². The van der Waals surface area contributed by atoms with Crippen LogP contribution in [-0.2, 0) is 22.4 Å². The zero-order valence-electron chi connectivity index (χ0n) is 15.9. The molecule has 0 unspecified atom stereocenters. The number of fused-ring (bicyclic) bond motifs is 2.